The highest BCUT2D eigenvalue weighted by Gasteiger charge is 2.23. The minimum absolute atomic E-state index is 0.789. The molecule has 1 fully saturated rings. The third kappa shape index (κ3) is 2.02. The van der Waals surface area contributed by atoms with Crippen molar-refractivity contribution < 1.29 is 0 Å². The van der Waals surface area contributed by atoms with E-state index < -0.39 is 0 Å². The van der Waals surface area contributed by atoms with Crippen LogP contribution in [0.4, 0.5) is 0 Å². The molecule has 0 atom stereocenters. The highest BCUT2D eigenvalue weighted by Crippen LogP contribution is 2.35. The first-order chi connectivity index (χ1) is 9.83. The zero-order valence-corrected chi connectivity index (χ0v) is 12.4. The van der Waals surface area contributed by atoms with Crippen LogP contribution in [-0.2, 0) is 6.54 Å². The second-order valence-corrected chi connectivity index (χ2v) is 6.04. The van der Waals surface area contributed by atoms with E-state index >= 15 is 0 Å². The lowest BCUT2D eigenvalue weighted by atomic mass is 10.1. The van der Waals surface area contributed by atoms with Crippen LogP contribution in [0.1, 0.15) is 12.8 Å². The molecule has 1 saturated carbocycles. The fourth-order valence-corrected chi connectivity index (χ4v) is 3.07. The molecule has 2 aromatic heterocycles. The topological polar surface area (TPSA) is 43.6 Å². The molecule has 5 heteroatoms. The van der Waals surface area contributed by atoms with E-state index in [1.165, 1.54) is 12.8 Å². The predicted molar refractivity (Wildman–Crippen MR) is 81.2 cm³/mol. The van der Waals surface area contributed by atoms with E-state index in [2.05, 4.69) is 43.4 Å². The summed E-state index contributed by atoms with van der Waals surface area (Å²) in [6, 6.07) is 8.20. The zero-order valence-electron chi connectivity index (χ0n) is 10.8. The number of halogens is 1. The zero-order chi connectivity index (χ0) is 13.5. The van der Waals surface area contributed by atoms with Gasteiger partial charge in [0.1, 0.15) is 5.52 Å². The number of rotatable bonds is 3. The van der Waals surface area contributed by atoms with E-state index in [9.17, 15) is 0 Å². The van der Waals surface area contributed by atoms with Gasteiger partial charge in [0.15, 0.2) is 0 Å². The Kier molecular flexibility index (Phi) is 2.80. The van der Waals surface area contributed by atoms with Gasteiger partial charge >= 0.3 is 0 Å². The van der Waals surface area contributed by atoms with Gasteiger partial charge in [0, 0.05) is 24.5 Å². The standard InChI is InChI=1S/C15H13BrN4/c16-14-12(11-2-1-7-17-8-11)5-6-13-15(14)18-19-20(13)9-10-3-4-10/h1-2,5-8,10H,3-4,9H2. The number of hydrogen-bond donors (Lipinski definition) is 0. The van der Waals surface area contributed by atoms with Crippen LogP contribution in [0, 0.1) is 5.92 Å². The summed E-state index contributed by atoms with van der Waals surface area (Å²) in [5.74, 6) is 0.789. The van der Waals surface area contributed by atoms with Crippen LogP contribution in [-0.4, -0.2) is 20.0 Å². The SMILES string of the molecule is Brc1c(-c2cccnc2)ccc2c1nnn2CC1CC1. The predicted octanol–water partition coefficient (Wildman–Crippen LogP) is 3.67. The maximum Gasteiger partial charge on any atom is 0.127 e. The molecule has 1 aliphatic rings. The number of pyridine rings is 1. The molecule has 0 N–H and O–H groups in total. The van der Waals surface area contributed by atoms with Gasteiger partial charge in [0.25, 0.3) is 0 Å². The summed E-state index contributed by atoms with van der Waals surface area (Å²) >= 11 is 3.67. The van der Waals surface area contributed by atoms with Crippen LogP contribution in [0.2, 0.25) is 0 Å². The Bertz CT molecular complexity index is 762. The van der Waals surface area contributed by atoms with Crippen LogP contribution in [0.15, 0.2) is 41.1 Å². The Morgan fingerprint density at radius 1 is 1.25 bits per heavy atom. The fourth-order valence-electron chi connectivity index (χ4n) is 2.43. The first kappa shape index (κ1) is 12.0. The highest BCUT2D eigenvalue weighted by molar-refractivity contribution is 9.10. The molecule has 1 aliphatic carbocycles. The first-order valence-corrected chi connectivity index (χ1v) is 7.54. The Hall–Kier alpha value is -1.75. The molecule has 0 unspecified atom stereocenters. The lowest BCUT2D eigenvalue weighted by Crippen LogP contribution is -2.01. The maximum atomic E-state index is 4.33. The molecule has 20 heavy (non-hydrogen) atoms. The third-order valence-corrected chi connectivity index (χ3v) is 4.53. The number of fused-ring (bicyclic) bond motifs is 1. The summed E-state index contributed by atoms with van der Waals surface area (Å²) in [5.41, 5.74) is 4.20. The van der Waals surface area contributed by atoms with Crippen LogP contribution in [0.25, 0.3) is 22.2 Å². The molecule has 3 aromatic rings. The molecule has 2 heterocycles. The summed E-state index contributed by atoms with van der Waals surface area (Å²) in [4.78, 5) is 4.17. The molecule has 0 spiro atoms. The summed E-state index contributed by atoms with van der Waals surface area (Å²) < 4.78 is 3.01. The molecule has 100 valence electrons. The fraction of sp³-hybridized carbons (Fsp3) is 0.267. The van der Waals surface area contributed by atoms with Gasteiger partial charge in [-0.25, -0.2) is 4.68 Å². The largest absolute Gasteiger partial charge is 0.264 e. The number of benzene rings is 1. The smallest absolute Gasteiger partial charge is 0.127 e. The molecule has 1 aromatic carbocycles. The van der Waals surface area contributed by atoms with Crippen LogP contribution in [0.3, 0.4) is 0 Å². The molecule has 0 radical (unpaired) electrons. The van der Waals surface area contributed by atoms with Gasteiger partial charge in [-0.15, -0.1) is 5.10 Å². The first-order valence-electron chi connectivity index (χ1n) is 6.75. The van der Waals surface area contributed by atoms with Crippen molar-refractivity contribution in [3.8, 4) is 11.1 Å². The van der Waals surface area contributed by atoms with E-state index in [1.807, 2.05) is 23.0 Å². The van der Waals surface area contributed by atoms with Crippen molar-refractivity contribution in [2.24, 2.45) is 5.92 Å². The summed E-state index contributed by atoms with van der Waals surface area (Å²) in [7, 11) is 0. The molecule has 0 bridgehead atoms. The van der Waals surface area contributed by atoms with Crippen LogP contribution < -0.4 is 0 Å². The molecule has 4 nitrogen and oxygen atoms in total. The molecule has 0 amide bonds. The van der Waals surface area contributed by atoms with Crippen molar-refractivity contribution in [2.45, 2.75) is 19.4 Å². The van der Waals surface area contributed by atoms with Crippen molar-refractivity contribution in [3.05, 3.63) is 41.1 Å². The van der Waals surface area contributed by atoms with Crippen molar-refractivity contribution in [1.29, 1.82) is 0 Å². The van der Waals surface area contributed by atoms with Crippen molar-refractivity contribution in [2.75, 3.05) is 0 Å². The summed E-state index contributed by atoms with van der Waals surface area (Å²) in [5, 5.41) is 8.62. The Labute approximate surface area is 125 Å². The molecular weight excluding hydrogens is 316 g/mol. The van der Waals surface area contributed by atoms with Crippen molar-refractivity contribution in [3.63, 3.8) is 0 Å². The van der Waals surface area contributed by atoms with E-state index in [0.29, 0.717) is 0 Å². The number of hydrogen-bond acceptors (Lipinski definition) is 3. The normalized spacial score (nSPS) is 14.8. The van der Waals surface area contributed by atoms with E-state index in [1.54, 1.807) is 6.20 Å². The Balaban J connectivity index is 1.83. The van der Waals surface area contributed by atoms with E-state index in [0.717, 1.165) is 39.1 Å². The van der Waals surface area contributed by atoms with Gasteiger partial charge in [-0.3, -0.25) is 4.98 Å². The van der Waals surface area contributed by atoms with E-state index in [4.69, 9.17) is 0 Å². The summed E-state index contributed by atoms with van der Waals surface area (Å²) in [6.45, 7) is 0.981. The van der Waals surface area contributed by atoms with Gasteiger partial charge in [0.05, 0.1) is 9.99 Å². The second kappa shape index (κ2) is 4.66. The van der Waals surface area contributed by atoms with Crippen LogP contribution in [0.5, 0.6) is 0 Å². The van der Waals surface area contributed by atoms with Crippen LogP contribution >= 0.6 is 15.9 Å². The molecule has 0 aliphatic heterocycles. The highest BCUT2D eigenvalue weighted by atomic mass is 79.9. The second-order valence-electron chi connectivity index (χ2n) is 5.25. The quantitative estimate of drug-likeness (QED) is 0.736. The Morgan fingerprint density at radius 2 is 2.15 bits per heavy atom. The van der Waals surface area contributed by atoms with Gasteiger partial charge in [0.2, 0.25) is 0 Å². The number of nitrogens with zero attached hydrogens (tertiary/aromatic N) is 4. The molecular formula is C15H13BrN4. The molecule has 4 rings (SSSR count). The van der Waals surface area contributed by atoms with Gasteiger partial charge in [-0.05, 0) is 52.4 Å². The third-order valence-electron chi connectivity index (χ3n) is 3.73. The van der Waals surface area contributed by atoms with Crippen molar-refractivity contribution in [1.82, 2.24) is 20.0 Å². The van der Waals surface area contributed by atoms with E-state index in [-0.39, 0.29) is 0 Å². The molecule has 0 saturated heterocycles. The lowest BCUT2D eigenvalue weighted by Gasteiger charge is -2.05. The van der Waals surface area contributed by atoms with Gasteiger partial charge in [-0.2, -0.15) is 0 Å². The minimum atomic E-state index is 0.789. The average molecular weight is 329 g/mol. The Morgan fingerprint density at radius 3 is 2.90 bits per heavy atom. The minimum Gasteiger partial charge on any atom is -0.264 e. The average Bonchev–Trinajstić information content (AvgIpc) is 3.20. The lowest BCUT2D eigenvalue weighted by molar-refractivity contribution is 0.559. The van der Waals surface area contributed by atoms with Gasteiger partial charge in [-0.1, -0.05) is 17.3 Å². The summed E-state index contributed by atoms with van der Waals surface area (Å²) in [6.07, 6.45) is 6.27. The van der Waals surface area contributed by atoms with Gasteiger partial charge < -0.3 is 0 Å². The monoisotopic (exact) mass is 328 g/mol. The van der Waals surface area contributed by atoms with Crippen molar-refractivity contribution >= 4 is 27.0 Å². The maximum absolute atomic E-state index is 4.33. The number of aromatic nitrogens is 4.